The van der Waals surface area contributed by atoms with E-state index in [-0.39, 0.29) is 0 Å². The van der Waals surface area contributed by atoms with Gasteiger partial charge in [-0.2, -0.15) is 5.10 Å². The molecule has 0 aliphatic rings. The highest BCUT2D eigenvalue weighted by Crippen LogP contribution is 2.22. The molecule has 0 radical (unpaired) electrons. The summed E-state index contributed by atoms with van der Waals surface area (Å²) in [5.41, 5.74) is 3.67. The minimum atomic E-state index is 0.763. The minimum absolute atomic E-state index is 0.763. The van der Waals surface area contributed by atoms with Gasteiger partial charge in [-0.15, -0.1) is 0 Å². The van der Waals surface area contributed by atoms with E-state index in [1.165, 1.54) is 11.1 Å². The molecule has 120 valence electrons. The molecule has 0 aliphatic heterocycles. The summed E-state index contributed by atoms with van der Waals surface area (Å²) in [6.45, 7) is 3.82. The molecule has 2 aromatic heterocycles. The molecule has 23 heavy (non-hydrogen) atoms. The molecule has 0 saturated heterocycles. The third-order valence-electron chi connectivity index (χ3n) is 3.87. The van der Waals surface area contributed by atoms with Crippen LogP contribution in [0.5, 0.6) is 0 Å². The summed E-state index contributed by atoms with van der Waals surface area (Å²) in [5.74, 6) is 1.90. The zero-order valence-electron chi connectivity index (χ0n) is 13.7. The van der Waals surface area contributed by atoms with Gasteiger partial charge in [0.2, 0.25) is 0 Å². The van der Waals surface area contributed by atoms with Gasteiger partial charge in [-0.3, -0.25) is 4.68 Å². The van der Waals surface area contributed by atoms with Gasteiger partial charge in [-0.25, -0.2) is 0 Å². The van der Waals surface area contributed by atoms with Crippen LogP contribution in [0.25, 0.3) is 11.3 Å². The average molecular weight is 309 g/mol. The van der Waals surface area contributed by atoms with Gasteiger partial charge in [0.25, 0.3) is 0 Å². The van der Waals surface area contributed by atoms with Crippen LogP contribution in [0.2, 0.25) is 0 Å². The van der Waals surface area contributed by atoms with Crippen LogP contribution < -0.4 is 5.32 Å². The van der Waals surface area contributed by atoms with Crippen LogP contribution in [0.1, 0.15) is 23.3 Å². The lowest BCUT2D eigenvalue weighted by Gasteiger charge is -2.02. The SMILES string of the molecule is Cc1ccc(-c2ccc(CNCCCc3cnn(C)c3)o2)cc1. The van der Waals surface area contributed by atoms with E-state index in [1.807, 2.05) is 30.1 Å². The molecule has 1 aromatic carbocycles. The standard InChI is InChI=1S/C19H23N3O/c1-15-5-7-17(8-6-15)19-10-9-18(23-19)13-20-11-3-4-16-12-21-22(2)14-16/h5-10,12,14,20H,3-4,11,13H2,1-2H3. The first-order chi connectivity index (χ1) is 11.2. The van der Waals surface area contributed by atoms with E-state index in [0.717, 1.165) is 43.0 Å². The van der Waals surface area contributed by atoms with Gasteiger partial charge in [-0.05, 0) is 44.0 Å². The van der Waals surface area contributed by atoms with Gasteiger partial charge < -0.3 is 9.73 Å². The molecule has 0 bridgehead atoms. The van der Waals surface area contributed by atoms with E-state index >= 15 is 0 Å². The fourth-order valence-electron chi connectivity index (χ4n) is 2.58. The molecule has 2 heterocycles. The maximum Gasteiger partial charge on any atom is 0.134 e. The Labute approximate surface area is 137 Å². The Morgan fingerprint density at radius 2 is 1.96 bits per heavy atom. The maximum absolute atomic E-state index is 5.90. The lowest BCUT2D eigenvalue weighted by Crippen LogP contribution is -2.14. The van der Waals surface area contributed by atoms with Crippen LogP contribution >= 0.6 is 0 Å². The van der Waals surface area contributed by atoms with Crippen LogP contribution in [0.15, 0.2) is 53.2 Å². The van der Waals surface area contributed by atoms with Gasteiger partial charge in [-0.1, -0.05) is 29.8 Å². The van der Waals surface area contributed by atoms with Crippen molar-refractivity contribution in [1.82, 2.24) is 15.1 Å². The fraction of sp³-hybridized carbons (Fsp3) is 0.316. The van der Waals surface area contributed by atoms with Gasteiger partial charge in [0, 0.05) is 18.8 Å². The van der Waals surface area contributed by atoms with Crippen molar-refractivity contribution < 1.29 is 4.42 Å². The van der Waals surface area contributed by atoms with Gasteiger partial charge in [0.15, 0.2) is 0 Å². The number of hydrogen-bond donors (Lipinski definition) is 1. The van der Waals surface area contributed by atoms with Crippen molar-refractivity contribution in [2.75, 3.05) is 6.54 Å². The maximum atomic E-state index is 5.90. The van der Waals surface area contributed by atoms with Crippen molar-refractivity contribution in [3.05, 3.63) is 65.7 Å². The van der Waals surface area contributed by atoms with Crippen LogP contribution in [0.4, 0.5) is 0 Å². The molecular formula is C19H23N3O. The summed E-state index contributed by atoms with van der Waals surface area (Å²) in [5, 5.41) is 7.61. The summed E-state index contributed by atoms with van der Waals surface area (Å²) >= 11 is 0. The molecule has 4 heteroatoms. The molecule has 0 atom stereocenters. The fourth-order valence-corrected chi connectivity index (χ4v) is 2.58. The Hall–Kier alpha value is -2.33. The van der Waals surface area contributed by atoms with Gasteiger partial charge in [0.05, 0.1) is 12.7 Å². The Bertz CT molecular complexity index is 740. The van der Waals surface area contributed by atoms with Crippen molar-refractivity contribution in [3.63, 3.8) is 0 Å². The largest absolute Gasteiger partial charge is 0.460 e. The first kappa shape index (κ1) is 15.6. The summed E-state index contributed by atoms with van der Waals surface area (Å²) in [4.78, 5) is 0. The smallest absolute Gasteiger partial charge is 0.134 e. The third-order valence-corrected chi connectivity index (χ3v) is 3.87. The van der Waals surface area contributed by atoms with E-state index in [1.54, 1.807) is 0 Å². The minimum Gasteiger partial charge on any atom is -0.460 e. The Balaban J connectivity index is 1.43. The molecule has 0 spiro atoms. The molecule has 0 aliphatic carbocycles. The molecule has 0 amide bonds. The monoisotopic (exact) mass is 309 g/mol. The molecule has 3 aromatic rings. The first-order valence-electron chi connectivity index (χ1n) is 8.05. The van der Waals surface area contributed by atoms with Crippen LogP contribution in [0.3, 0.4) is 0 Å². The number of nitrogens with zero attached hydrogens (tertiary/aromatic N) is 2. The Morgan fingerprint density at radius 3 is 2.70 bits per heavy atom. The van der Waals surface area contributed by atoms with Crippen molar-refractivity contribution >= 4 is 0 Å². The number of rotatable bonds is 7. The quantitative estimate of drug-likeness (QED) is 0.677. The first-order valence-corrected chi connectivity index (χ1v) is 8.05. The molecule has 1 N–H and O–H groups in total. The highest BCUT2D eigenvalue weighted by molar-refractivity contribution is 5.57. The average Bonchev–Trinajstić information content (AvgIpc) is 3.17. The highest BCUT2D eigenvalue weighted by atomic mass is 16.3. The van der Waals surface area contributed by atoms with Crippen molar-refractivity contribution in [3.8, 4) is 11.3 Å². The lowest BCUT2D eigenvalue weighted by atomic mass is 10.1. The predicted molar refractivity (Wildman–Crippen MR) is 92.1 cm³/mol. The summed E-state index contributed by atoms with van der Waals surface area (Å²) in [6.07, 6.45) is 6.14. The number of benzene rings is 1. The lowest BCUT2D eigenvalue weighted by molar-refractivity contribution is 0.491. The van der Waals surface area contributed by atoms with Crippen LogP contribution in [-0.2, 0) is 20.0 Å². The molecule has 4 nitrogen and oxygen atoms in total. The van der Waals surface area contributed by atoms with Crippen molar-refractivity contribution in [2.45, 2.75) is 26.3 Å². The van der Waals surface area contributed by atoms with E-state index < -0.39 is 0 Å². The van der Waals surface area contributed by atoms with E-state index in [4.69, 9.17) is 4.42 Å². The second-order valence-electron chi connectivity index (χ2n) is 5.93. The number of aryl methyl sites for hydroxylation is 3. The van der Waals surface area contributed by atoms with Gasteiger partial charge in [0.1, 0.15) is 11.5 Å². The van der Waals surface area contributed by atoms with Crippen molar-refractivity contribution in [2.24, 2.45) is 7.05 Å². The normalized spacial score (nSPS) is 11.0. The number of furan rings is 1. The second-order valence-corrected chi connectivity index (χ2v) is 5.93. The number of nitrogens with one attached hydrogen (secondary N) is 1. The Morgan fingerprint density at radius 1 is 1.13 bits per heavy atom. The second kappa shape index (κ2) is 7.29. The predicted octanol–water partition coefficient (Wildman–Crippen LogP) is 3.71. The van der Waals surface area contributed by atoms with Gasteiger partial charge >= 0.3 is 0 Å². The third kappa shape index (κ3) is 4.33. The summed E-state index contributed by atoms with van der Waals surface area (Å²) in [7, 11) is 1.95. The van der Waals surface area contributed by atoms with E-state index in [0.29, 0.717) is 0 Å². The highest BCUT2D eigenvalue weighted by Gasteiger charge is 2.04. The van der Waals surface area contributed by atoms with E-state index in [2.05, 4.69) is 47.8 Å². The molecule has 0 fully saturated rings. The zero-order valence-corrected chi connectivity index (χ0v) is 13.7. The molecule has 0 saturated carbocycles. The van der Waals surface area contributed by atoms with Crippen molar-refractivity contribution in [1.29, 1.82) is 0 Å². The zero-order chi connectivity index (χ0) is 16.1. The summed E-state index contributed by atoms with van der Waals surface area (Å²) in [6, 6.07) is 12.5. The Kier molecular flexibility index (Phi) is 4.93. The summed E-state index contributed by atoms with van der Waals surface area (Å²) < 4.78 is 7.75. The number of hydrogen-bond acceptors (Lipinski definition) is 3. The molecule has 0 unspecified atom stereocenters. The molecule has 3 rings (SSSR count). The number of aromatic nitrogens is 2. The molecular weight excluding hydrogens is 286 g/mol. The van der Waals surface area contributed by atoms with Crippen LogP contribution in [-0.4, -0.2) is 16.3 Å². The topological polar surface area (TPSA) is 43.0 Å². The van der Waals surface area contributed by atoms with Crippen LogP contribution in [0, 0.1) is 6.92 Å². The van der Waals surface area contributed by atoms with E-state index in [9.17, 15) is 0 Å².